The minimum Gasteiger partial charge on any atom is -0.325 e. The maximum Gasteiger partial charge on any atom is 0.192 e. The summed E-state index contributed by atoms with van der Waals surface area (Å²) in [5.74, 6) is 0. The second-order valence-corrected chi connectivity index (χ2v) is 12.1. The lowest BCUT2D eigenvalue weighted by Crippen LogP contribution is -2.18. The van der Waals surface area contributed by atoms with E-state index < -0.39 is 6.57 Å². The highest BCUT2D eigenvalue weighted by molar-refractivity contribution is 14.2. The molecule has 0 aromatic carbocycles. The maximum atomic E-state index is 5.32. The molecule has 0 bridgehead atoms. The first-order valence-corrected chi connectivity index (χ1v) is 7.42. The molecule has 0 aliphatic carbocycles. The van der Waals surface area contributed by atoms with Crippen LogP contribution in [0.1, 0.15) is 6.92 Å². The summed E-state index contributed by atoms with van der Waals surface area (Å²) in [6, 6.07) is 0. The van der Waals surface area contributed by atoms with E-state index in [0.717, 1.165) is 0 Å². The average Bonchev–Trinajstić information content (AvgIpc) is 1.57. The molecular formula is C3H9I2N2OPS. The van der Waals surface area contributed by atoms with Crippen LogP contribution in [0.5, 0.6) is 0 Å². The minimum absolute atomic E-state index is 0.0261. The summed E-state index contributed by atoms with van der Waals surface area (Å²) in [4.78, 5) is 0. The fraction of sp³-hybridized carbons (Fsp3) is 1.00. The Kier molecular flexibility index (Phi) is 5.14. The highest BCUT2D eigenvalue weighted by Gasteiger charge is 2.17. The summed E-state index contributed by atoms with van der Waals surface area (Å²) >= 11 is 9.17. The second-order valence-electron chi connectivity index (χ2n) is 1.99. The number of halogens is 2. The molecule has 0 aromatic rings. The van der Waals surface area contributed by atoms with Gasteiger partial charge in [-0.15, -0.1) is 0 Å². The topological polar surface area (TPSA) is 61.3 Å². The molecule has 62 valence electrons. The molecule has 0 saturated carbocycles. The van der Waals surface area contributed by atoms with E-state index in [9.17, 15) is 0 Å². The maximum absolute atomic E-state index is 5.32. The van der Waals surface area contributed by atoms with E-state index in [-0.39, 0.29) is 1.43 Å². The molecular weight excluding hydrogens is 397 g/mol. The van der Waals surface area contributed by atoms with Crippen LogP contribution in [0.2, 0.25) is 0 Å². The molecule has 0 heterocycles. The van der Waals surface area contributed by atoms with E-state index in [0.29, 0.717) is 6.61 Å². The van der Waals surface area contributed by atoms with Gasteiger partial charge in [-0.1, -0.05) is 45.2 Å². The van der Waals surface area contributed by atoms with Gasteiger partial charge in [0.25, 0.3) is 0 Å². The van der Waals surface area contributed by atoms with Gasteiger partial charge in [0.1, 0.15) is 0 Å². The van der Waals surface area contributed by atoms with Crippen LogP contribution in [-0.4, -0.2) is 8.04 Å². The van der Waals surface area contributed by atoms with Crippen molar-refractivity contribution in [2.24, 2.45) is 11.0 Å². The van der Waals surface area contributed by atoms with Crippen molar-refractivity contribution >= 4 is 63.6 Å². The Labute approximate surface area is 93.1 Å². The van der Waals surface area contributed by atoms with Crippen LogP contribution >= 0.6 is 51.7 Å². The molecule has 0 aliphatic rings. The first-order valence-electron chi connectivity index (χ1n) is 2.40. The van der Waals surface area contributed by atoms with Crippen molar-refractivity contribution in [2.75, 3.05) is 6.61 Å². The third kappa shape index (κ3) is 9.99. The molecule has 0 radical (unpaired) electrons. The van der Waals surface area contributed by atoms with E-state index in [1.165, 1.54) is 0 Å². The summed E-state index contributed by atoms with van der Waals surface area (Å²) in [6.45, 7) is 0.0730. The lowest BCUT2D eigenvalue weighted by atomic mass is 10.5. The lowest BCUT2D eigenvalue weighted by Gasteiger charge is -2.17. The van der Waals surface area contributed by atoms with Gasteiger partial charge in [-0.25, -0.2) is 0 Å². The van der Waals surface area contributed by atoms with E-state index in [2.05, 4.69) is 45.2 Å². The molecule has 0 unspecified atom stereocenters. The van der Waals surface area contributed by atoms with E-state index in [1.54, 1.807) is 0 Å². The van der Waals surface area contributed by atoms with Crippen molar-refractivity contribution in [2.45, 2.75) is 8.35 Å². The first-order chi connectivity index (χ1) is 4.21. The van der Waals surface area contributed by atoms with Crippen molar-refractivity contribution in [3.63, 3.8) is 0 Å². The molecule has 0 aliphatic heterocycles. The molecule has 0 atom stereocenters. The first kappa shape index (κ1) is 12.0. The molecule has 3 nitrogen and oxygen atoms in total. The van der Waals surface area contributed by atoms with Crippen LogP contribution in [0.15, 0.2) is 0 Å². The van der Waals surface area contributed by atoms with Crippen molar-refractivity contribution in [1.29, 1.82) is 0 Å². The monoisotopic (exact) mass is 406 g/mol. The van der Waals surface area contributed by atoms with Gasteiger partial charge >= 0.3 is 0 Å². The average molecular weight is 406 g/mol. The molecule has 0 spiro atoms. The fourth-order valence-electron chi connectivity index (χ4n) is 0.214. The second kappa shape index (κ2) is 4.29. The summed E-state index contributed by atoms with van der Waals surface area (Å²) in [7, 11) is 0. The Morgan fingerprint density at radius 1 is 1.60 bits per heavy atom. The minimum atomic E-state index is -2.44. The van der Waals surface area contributed by atoms with Crippen LogP contribution in [0.3, 0.4) is 0 Å². The highest BCUT2D eigenvalue weighted by Crippen LogP contribution is 2.34. The van der Waals surface area contributed by atoms with Gasteiger partial charge < -0.3 is 4.52 Å². The van der Waals surface area contributed by atoms with E-state index >= 15 is 0 Å². The van der Waals surface area contributed by atoms with Crippen LogP contribution in [-0.2, 0) is 16.3 Å². The van der Waals surface area contributed by atoms with Gasteiger partial charge in [-0.3, -0.25) is 11.0 Å². The number of nitrogens with two attached hydrogens (primary N) is 2. The molecule has 7 heteroatoms. The Bertz CT molecular complexity index is 153. The molecule has 10 heavy (non-hydrogen) atoms. The molecule has 0 aromatic heterocycles. The van der Waals surface area contributed by atoms with Crippen molar-refractivity contribution in [1.82, 2.24) is 0 Å². The quantitative estimate of drug-likeness (QED) is 0.426. The van der Waals surface area contributed by atoms with Crippen LogP contribution in [0.4, 0.5) is 0 Å². The van der Waals surface area contributed by atoms with Gasteiger partial charge in [-0.05, 0) is 18.7 Å². The zero-order valence-corrected chi connectivity index (χ0v) is 11.4. The largest absolute Gasteiger partial charge is 0.325 e. The molecule has 4 N–H and O–H groups in total. The summed E-state index contributed by atoms with van der Waals surface area (Å²) in [5.41, 5.74) is 10.6. The third-order valence-corrected chi connectivity index (χ3v) is 1.99. The Morgan fingerprint density at radius 2 is 2.00 bits per heavy atom. The Morgan fingerprint density at radius 3 is 2.10 bits per heavy atom. The summed E-state index contributed by atoms with van der Waals surface area (Å²) in [5, 5.41) is 0. The normalized spacial score (nSPS) is 13.7. The van der Waals surface area contributed by atoms with Crippen molar-refractivity contribution < 1.29 is 4.52 Å². The Hall–Kier alpha value is 1.99. The molecule has 0 saturated heterocycles. The van der Waals surface area contributed by atoms with Crippen LogP contribution in [0, 0.1) is 0 Å². The highest BCUT2D eigenvalue weighted by atomic mass is 127. The third-order valence-electron chi connectivity index (χ3n) is 0.520. The lowest BCUT2D eigenvalue weighted by molar-refractivity contribution is 0.356. The predicted molar refractivity (Wildman–Crippen MR) is 65.1 cm³/mol. The van der Waals surface area contributed by atoms with Gasteiger partial charge in [0, 0.05) is 0 Å². The molecule has 0 fully saturated rings. The van der Waals surface area contributed by atoms with Crippen molar-refractivity contribution in [3.05, 3.63) is 0 Å². The van der Waals surface area contributed by atoms with E-state index in [1.807, 2.05) is 6.92 Å². The van der Waals surface area contributed by atoms with Gasteiger partial charge in [-0.2, -0.15) is 0 Å². The van der Waals surface area contributed by atoms with Gasteiger partial charge in [0.2, 0.25) is 0 Å². The number of rotatable bonds is 3. The van der Waals surface area contributed by atoms with Gasteiger partial charge in [0.15, 0.2) is 6.57 Å². The summed E-state index contributed by atoms with van der Waals surface area (Å²) in [6.07, 6.45) is 0. The number of alkyl halides is 2. The van der Waals surface area contributed by atoms with Crippen molar-refractivity contribution in [3.8, 4) is 0 Å². The molecule has 0 rings (SSSR count). The zero-order valence-electron chi connectivity index (χ0n) is 5.38. The zero-order chi connectivity index (χ0) is 8.41. The van der Waals surface area contributed by atoms with E-state index in [4.69, 9.17) is 27.3 Å². The number of hydrogen-bond acceptors (Lipinski definition) is 2. The number of hydrogen-bond donors (Lipinski definition) is 2. The SMILES string of the molecule is CC(I)(I)COP(N)(N)=S. The summed E-state index contributed by atoms with van der Waals surface area (Å²) < 4.78 is 5.09. The van der Waals surface area contributed by atoms with Crippen LogP contribution in [0.25, 0.3) is 0 Å². The molecule has 0 amide bonds. The van der Waals surface area contributed by atoms with Crippen LogP contribution < -0.4 is 11.0 Å². The predicted octanol–water partition coefficient (Wildman–Crippen LogP) is 1.73. The standard InChI is InChI=1S/C3H9I2N2OPS/c1-3(4,5)2-8-9(6,7)10/h2H2,1H3,(H4,6,7,10). The smallest absolute Gasteiger partial charge is 0.192 e. The Balaban J connectivity index is 3.67. The van der Waals surface area contributed by atoms with Gasteiger partial charge in [0.05, 0.1) is 8.04 Å². The fourth-order valence-corrected chi connectivity index (χ4v) is 1.64.